The van der Waals surface area contributed by atoms with E-state index in [1.807, 2.05) is 17.6 Å². The fourth-order valence-electron chi connectivity index (χ4n) is 6.71. The van der Waals surface area contributed by atoms with E-state index in [2.05, 4.69) is 57.5 Å². The quantitative estimate of drug-likeness (QED) is 0.464. The van der Waals surface area contributed by atoms with Gasteiger partial charge in [0.1, 0.15) is 0 Å². The summed E-state index contributed by atoms with van der Waals surface area (Å²) in [5.41, 5.74) is 6.79. The summed E-state index contributed by atoms with van der Waals surface area (Å²) in [7, 11) is 0. The van der Waals surface area contributed by atoms with Crippen LogP contribution < -0.4 is 16.6 Å². The van der Waals surface area contributed by atoms with E-state index in [0.29, 0.717) is 23.8 Å². The lowest BCUT2D eigenvalue weighted by Gasteiger charge is -2.22. The molecule has 2 aliphatic heterocycles. The van der Waals surface area contributed by atoms with Crippen LogP contribution in [0.5, 0.6) is 0 Å². The SMILES string of the molecule is Cc1cc2nc3c(=O)[nH]c(=O)nc-3n(CCN[C@H]3C[C@]34c3ccccc3CC43CC3)c2cc1C. The Morgan fingerprint density at radius 1 is 1.12 bits per heavy atom. The van der Waals surface area contributed by atoms with E-state index in [-0.39, 0.29) is 11.1 Å². The normalized spacial score (nSPS) is 23.8. The van der Waals surface area contributed by atoms with Crippen LogP contribution in [0.4, 0.5) is 0 Å². The number of aryl methyl sites for hydroxylation is 2. The number of hydrogen-bond donors (Lipinski definition) is 2. The minimum atomic E-state index is -0.636. The zero-order valence-electron chi connectivity index (χ0n) is 19.4. The standard InChI is InChI=1S/C27H27N5O2/c1-15-11-19-20(12-16(15)2)32(23-22(29-19)24(33)31-25(34)30-23)10-9-28-21-14-27(21)18-6-4-3-5-17(18)13-26(27)7-8-26/h3-6,11-12,21,28H,7-10,13-14H2,1-2H3,(H,31,33,34)/t21-,27-/m0/s1. The Hall–Kier alpha value is -3.32. The predicted molar refractivity (Wildman–Crippen MR) is 130 cm³/mol. The topological polar surface area (TPSA) is 92.7 Å². The second-order valence-corrected chi connectivity index (χ2v) is 10.5. The first kappa shape index (κ1) is 20.1. The zero-order chi connectivity index (χ0) is 23.2. The summed E-state index contributed by atoms with van der Waals surface area (Å²) in [6, 6.07) is 13.5. The second-order valence-electron chi connectivity index (χ2n) is 10.5. The Bertz CT molecular complexity index is 1580. The molecule has 2 saturated carbocycles. The number of nitrogens with zero attached hydrogens (tertiary/aromatic N) is 3. The summed E-state index contributed by atoms with van der Waals surface area (Å²) in [5, 5.41) is 3.83. The minimum absolute atomic E-state index is 0.208. The fourth-order valence-corrected chi connectivity index (χ4v) is 6.71. The van der Waals surface area contributed by atoms with Gasteiger partial charge in [0, 0.05) is 24.5 Å². The van der Waals surface area contributed by atoms with Crippen molar-refractivity contribution >= 4 is 11.0 Å². The first-order valence-electron chi connectivity index (χ1n) is 12.2. The molecule has 7 heteroatoms. The molecule has 0 unspecified atom stereocenters. The Morgan fingerprint density at radius 3 is 2.74 bits per heavy atom. The summed E-state index contributed by atoms with van der Waals surface area (Å²) < 4.78 is 1.98. The van der Waals surface area contributed by atoms with Crippen molar-refractivity contribution in [1.82, 2.24) is 24.8 Å². The first-order valence-corrected chi connectivity index (χ1v) is 12.2. The summed E-state index contributed by atoms with van der Waals surface area (Å²) >= 11 is 0. The summed E-state index contributed by atoms with van der Waals surface area (Å²) in [6.07, 6.45) is 5.05. The molecule has 2 spiro atoms. The van der Waals surface area contributed by atoms with Crippen LogP contribution in [0.15, 0.2) is 46.0 Å². The van der Waals surface area contributed by atoms with E-state index in [9.17, 15) is 9.59 Å². The van der Waals surface area contributed by atoms with Gasteiger partial charge in [0.15, 0.2) is 11.5 Å². The van der Waals surface area contributed by atoms with E-state index >= 15 is 0 Å². The maximum Gasteiger partial charge on any atom is 0.349 e. The Balaban J connectivity index is 1.23. The molecule has 2 heterocycles. The molecule has 172 valence electrons. The average Bonchev–Trinajstić information content (AvgIpc) is 3.70. The molecular formula is C27H27N5O2. The van der Waals surface area contributed by atoms with Gasteiger partial charge in [0.05, 0.1) is 11.0 Å². The van der Waals surface area contributed by atoms with E-state index in [4.69, 9.17) is 0 Å². The molecule has 2 aromatic carbocycles. The van der Waals surface area contributed by atoms with E-state index < -0.39 is 11.2 Å². The lowest BCUT2D eigenvalue weighted by Crippen LogP contribution is -2.33. The van der Waals surface area contributed by atoms with Gasteiger partial charge in [0.2, 0.25) is 0 Å². The summed E-state index contributed by atoms with van der Waals surface area (Å²) in [5.74, 6) is 0.349. The van der Waals surface area contributed by atoms with Gasteiger partial charge in [-0.1, -0.05) is 24.3 Å². The summed E-state index contributed by atoms with van der Waals surface area (Å²) in [6.45, 7) is 5.44. The fraction of sp³-hybridized carbons (Fsp3) is 0.407. The highest BCUT2D eigenvalue weighted by atomic mass is 16.2. The van der Waals surface area contributed by atoms with E-state index in [1.54, 1.807) is 5.56 Å². The number of nitrogens with one attached hydrogen (secondary N) is 2. The molecule has 5 aliphatic rings. The average molecular weight is 454 g/mol. The Morgan fingerprint density at radius 2 is 1.91 bits per heavy atom. The van der Waals surface area contributed by atoms with Crippen LogP contribution >= 0.6 is 0 Å². The van der Waals surface area contributed by atoms with Crippen LogP contribution in [0.25, 0.3) is 22.6 Å². The van der Waals surface area contributed by atoms with Crippen molar-refractivity contribution in [2.24, 2.45) is 5.41 Å². The number of hydrogen-bond acceptors (Lipinski definition) is 5. The van der Waals surface area contributed by atoms with Crippen molar-refractivity contribution in [3.63, 3.8) is 0 Å². The molecule has 0 radical (unpaired) electrons. The molecule has 2 fully saturated rings. The monoisotopic (exact) mass is 453 g/mol. The third-order valence-corrected chi connectivity index (χ3v) is 8.74. The lowest BCUT2D eigenvalue weighted by atomic mass is 9.85. The van der Waals surface area contributed by atoms with Gasteiger partial charge in [-0.2, -0.15) is 4.98 Å². The lowest BCUT2D eigenvalue weighted by molar-refractivity contribution is 0.386. The van der Waals surface area contributed by atoms with Crippen molar-refractivity contribution in [3.05, 3.63) is 79.5 Å². The maximum absolute atomic E-state index is 12.5. The molecule has 2 aromatic rings. The molecule has 0 saturated heterocycles. The highest BCUT2D eigenvalue weighted by molar-refractivity contribution is 5.81. The van der Waals surface area contributed by atoms with Gasteiger partial charge in [0.25, 0.3) is 5.56 Å². The van der Waals surface area contributed by atoms with Gasteiger partial charge in [-0.15, -0.1) is 0 Å². The molecular weight excluding hydrogens is 426 g/mol. The van der Waals surface area contributed by atoms with Gasteiger partial charge < -0.3 is 9.88 Å². The van der Waals surface area contributed by atoms with Gasteiger partial charge in [-0.05, 0) is 79.3 Å². The van der Waals surface area contributed by atoms with Crippen molar-refractivity contribution in [3.8, 4) is 11.5 Å². The summed E-state index contributed by atoms with van der Waals surface area (Å²) in [4.78, 5) is 35.5. The van der Waals surface area contributed by atoms with E-state index in [1.165, 1.54) is 31.2 Å². The molecule has 0 bridgehead atoms. The molecule has 2 atom stereocenters. The molecule has 34 heavy (non-hydrogen) atoms. The number of aromatic amines is 1. The molecule has 0 amide bonds. The zero-order valence-corrected chi connectivity index (χ0v) is 19.4. The number of benzene rings is 2. The molecule has 7 nitrogen and oxygen atoms in total. The number of fused-ring (bicyclic) bond motifs is 5. The smallest absolute Gasteiger partial charge is 0.321 e. The van der Waals surface area contributed by atoms with Crippen molar-refractivity contribution in [1.29, 1.82) is 0 Å². The molecule has 7 rings (SSSR count). The van der Waals surface area contributed by atoms with Crippen LogP contribution in [0.3, 0.4) is 0 Å². The van der Waals surface area contributed by atoms with Crippen LogP contribution in [-0.4, -0.2) is 32.1 Å². The molecule has 0 aromatic heterocycles. The van der Waals surface area contributed by atoms with Crippen LogP contribution in [0.2, 0.25) is 0 Å². The maximum atomic E-state index is 12.5. The Kier molecular flexibility index (Phi) is 3.92. The van der Waals surface area contributed by atoms with Crippen molar-refractivity contribution in [2.75, 3.05) is 6.54 Å². The van der Waals surface area contributed by atoms with Crippen molar-refractivity contribution < 1.29 is 0 Å². The highest BCUT2D eigenvalue weighted by Crippen LogP contribution is 2.75. The van der Waals surface area contributed by atoms with Crippen LogP contribution in [-0.2, 0) is 18.4 Å². The number of H-pyrrole nitrogens is 1. The van der Waals surface area contributed by atoms with Gasteiger partial charge >= 0.3 is 5.69 Å². The largest absolute Gasteiger partial charge is 0.349 e. The van der Waals surface area contributed by atoms with E-state index in [0.717, 1.165) is 28.7 Å². The van der Waals surface area contributed by atoms with Crippen LogP contribution in [0.1, 0.15) is 41.5 Å². The second kappa shape index (κ2) is 6.63. The minimum Gasteiger partial charge on any atom is -0.321 e. The Labute approximate surface area is 196 Å². The van der Waals surface area contributed by atoms with Crippen molar-refractivity contribution in [2.45, 2.75) is 57.5 Å². The number of rotatable bonds is 4. The third kappa shape index (κ3) is 2.61. The van der Waals surface area contributed by atoms with Gasteiger partial charge in [-0.25, -0.2) is 9.78 Å². The first-order chi connectivity index (χ1) is 16.4. The predicted octanol–water partition coefficient (Wildman–Crippen LogP) is 2.84. The molecule has 2 N–H and O–H groups in total. The third-order valence-electron chi connectivity index (χ3n) is 8.74. The number of aromatic nitrogens is 4. The van der Waals surface area contributed by atoms with Crippen LogP contribution in [0, 0.1) is 19.3 Å². The molecule has 3 aliphatic carbocycles. The highest BCUT2D eigenvalue weighted by Gasteiger charge is 2.74. The van der Waals surface area contributed by atoms with Gasteiger partial charge in [-0.3, -0.25) is 9.78 Å².